The van der Waals surface area contributed by atoms with Crippen molar-refractivity contribution < 1.29 is 4.79 Å². The van der Waals surface area contributed by atoms with E-state index >= 15 is 0 Å². The van der Waals surface area contributed by atoms with E-state index in [4.69, 9.17) is 0 Å². The van der Waals surface area contributed by atoms with Gasteiger partial charge in [-0.25, -0.2) is 0 Å². The Hall–Kier alpha value is -1.79. The molecule has 5 nitrogen and oxygen atoms in total. The Bertz CT molecular complexity index is 761. The molecule has 0 aliphatic carbocycles. The highest BCUT2D eigenvalue weighted by molar-refractivity contribution is 7.18. The molecule has 3 heterocycles. The molecule has 0 bridgehead atoms. The summed E-state index contributed by atoms with van der Waals surface area (Å²) in [4.78, 5) is 16.7. The Morgan fingerprint density at radius 3 is 2.58 bits per heavy atom. The van der Waals surface area contributed by atoms with E-state index in [1.807, 2.05) is 24.3 Å². The molecule has 0 spiro atoms. The molecule has 138 valence electrons. The number of carbonyl (C=O) groups is 1. The lowest BCUT2D eigenvalue weighted by molar-refractivity contribution is 0.101. The van der Waals surface area contributed by atoms with Crippen molar-refractivity contribution in [1.82, 2.24) is 15.1 Å². The number of carbonyl (C=O) groups excluding carboxylic acids is 1. The zero-order valence-corrected chi connectivity index (χ0v) is 16.2. The maximum Gasteiger partial charge on any atom is 0.208 e. The van der Waals surface area contributed by atoms with Crippen LogP contribution in [0.2, 0.25) is 0 Å². The van der Waals surface area contributed by atoms with Crippen molar-refractivity contribution in [2.24, 2.45) is 0 Å². The van der Waals surface area contributed by atoms with Gasteiger partial charge in [-0.1, -0.05) is 36.0 Å². The van der Waals surface area contributed by atoms with Crippen LogP contribution in [0.3, 0.4) is 0 Å². The number of hydrogen-bond donors (Lipinski definition) is 0. The minimum atomic E-state index is 0.0800. The molecule has 0 radical (unpaired) electrons. The third kappa shape index (κ3) is 3.81. The summed E-state index contributed by atoms with van der Waals surface area (Å²) in [5.41, 5.74) is 1.70. The van der Waals surface area contributed by atoms with Gasteiger partial charge in [-0.15, -0.1) is 10.2 Å². The van der Waals surface area contributed by atoms with Gasteiger partial charge >= 0.3 is 0 Å². The summed E-state index contributed by atoms with van der Waals surface area (Å²) in [7, 11) is 0. The van der Waals surface area contributed by atoms with E-state index in [0.717, 1.165) is 40.4 Å². The van der Waals surface area contributed by atoms with E-state index < -0.39 is 0 Å². The molecule has 26 heavy (non-hydrogen) atoms. The van der Waals surface area contributed by atoms with Gasteiger partial charge in [-0.3, -0.25) is 4.79 Å². The molecule has 0 unspecified atom stereocenters. The zero-order chi connectivity index (χ0) is 17.9. The van der Waals surface area contributed by atoms with Gasteiger partial charge in [0, 0.05) is 30.3 Å². The lowest BCUT2D eigenvalue weighted by atomic mass is 10.0. The van der Waals surface area contributed by atoms with Crippen LogP contribution < -0.4 is 4.90 Å². The van der Waals surface area contributed by atoms with Crippen molar-refractivity contribution in [3.05, 3.63) is 29.8 Å². The van der Waals surface area contributed by atoms with E-state index in [9.17, 15) is 4.79 Å². The van der Waals surface area contributed by atoms with Gasteiger partial charge in [0.25, 0.3) is 0 Å². The average Bonchev–Trinajstić information content (AvgIpc) is 3.19. The smallest absolute Gasteiger partial charge is 0.208 e. The predicted octanol–water partition coefficient (Wildman–Crippen LogP) is 3.86. The van der Waals surface area contributed by atoms with Crippen LogP contribution in [0.1, 0.15) is 49.4 Å². The highest BCUT2D eigenvalue weighted by Crippen LogP contribution is 2.31. The van der Waals surface area contributed by atoms with Gasteiger partial charge in [0.1, 0.15) is 5.01 Å². The molecule has 0 saturated carbocycles. The number of aromatic nitrogens is 2. The number of Topliss-reactive ketones (excluding diaryl/α,β-unsaturated/α-hetero) is 1. The minimum Gasteiger partial charge on any atom is -0.347 e. The fourth-order valence-corrected chi connectivity index (χ4v) is 4.93. The topological polar surface area (TPSA) is 49.3 Å². The Morgan fingerprint density at radius 1 is 1.08 bits per heavy atom. The Morgan fingerprint density at radius 2 is 1.85 bits per heavy atom. The molecule has 0 N–H and O–H groups in total. The molecule has 6 heteroatoms. The molecular weight excluding hydrogens is 344 g/mol. The summed E-state index contributed by atoms with van der Waals surface area (Å²) in [6, 6.07) is 8.41. The fraction of sp³-hybridized carbons (Fsp3) is 0.550. The van der Waals surface area contributed by atoms with Crippen LogP contribution in [-0.2, 0) is 0 Å². The van der Waals surface area contributed by atoms with Crippen molar-refractivity contribution in [3.8, 4) is 10.6 Å². The maximum atomic E-state index is 11.6. The molecule has 0 atom stereocenters. The SMILES string of the molecule is CC(=O)c1cccc(-c2nnc(N3CCC(N4CCCCC4)CC3)s2)c1. The van der Waals surface area contributed by atoms with Crippen LogP contribution in [0.5, 0.6) is 0 Å². The van der Waals surface area contributed by atoms with Crippen LogP contribution in [0.15, 0.2) is 24.3 Å². The number of rotatable bonds is 4. The van der Waals surface area contributed by atoms with E-state index in [-0.39, 0.29) is 5.78 Å². The highest BCUT2D eigenvalue weighted by atomic mass is 32.1. The highest BCUT2D eigenvalue weighted by Gasteiger charge is 2.27. The molecule has 2 aromatic rings. The summed E-state index contributed by atoms with van der Waals surface area (Å²) in [5.74, 6) is 0.0800. The van der Waals surface area contributed by atoms with E-state index in [2.05, 4.69) is 20.0 Å². The standard InChI is InChI=1S/C20H26N4OS/c1-15(25)16-6-5-7-17(14-16)19-21-22-20(26-19)24-12-8-18(9-13-24)23-10-3-2-4-11-23/h5-7,14,18H,2-4,8-13H2,1H3. The molecule has 4 rings (SSSR count). The van der Waals surface area contributed by atoms with E-state index in [1.165, 1.54) is 45.2 Å². The maximum absolute atomic E-state index is 11.6. The molecule has 0 amide bonds. The van der Waals surface area contributed by atoms with Crippen molar-refractivity contribution in [1.29, 1.82) is 0 Å². The second-order valence-electron chi connectivity index (χ2n) is 7.34. The first kappa shape index (κ1) is 17.6. The second-order valence-corrected chi connectivity index (χ2v) is 8.30. The largest absolute Gasteiger partial charge is 0.347 e. The first-order chi connectivity index (χ1) is 12.7. The van der Waals surface area contributed by atoms with Crippen LogP contribution >= 0.6 is 11.3 Å². The van der Waals surface area contributed by atoms with Crippen molar-refractivity contribution >= 4 is 22.3 Å². The molecule has 2 saturated heterocycles. The summed E-state index contributed by atoms with van der Waals surface area (Å²) in [5, 5.41) is 10.7. The van der Waals surface area contributed by atoms with Crippen molar-refractivity contribution in [2.75, 3.05) is 31.1 Å². The Labute approximate surface area is 159 Å². The fourth-order valence-electron chi connectivity index (χ4n) is 4.04. The van der Waals surface area contributed by atoms with Crippen molar-refractivity contribution in [3.63, 3.8) is 0 Å². The summed E-state index contributed by atoms with van der Waals surface area (Å²) in [6.07, 6.45) is 6.55. The predicted molar refractivity (Wildman–Crippen MR) is 106 cm³/mol. The molecule has 1 aromatic carbocycles. The molecular formula is C20H26N4OS. The van der Waals surface area contributed by atoms with Crippen LogP contribution in [0.25, 0.3) is 10.6 Å². The number of piperidine rings is 2. The van der Waals surface area contributed by atoms with Crippen molar-refractivity contribution in [2.45, 2.75) is 45.1 Å². The summed E-state index contributed by atoms with van der Waals surface area (Å²) in [6.45, 7) is 6.27. The first-order valence-electron chi connectivity index (χ1n) is 9.64. The summed E-state index contributed by atoms with van der Waals surface area (Å²) < 4.78 is 0. The number of nitrogens with zero attached hydrogens (tertiary/aromatic N) is 4. The lowest BCUT2D eigenvalue weighted by Crippen LogP contribution is -2.46. The lowest BCUT2D eigenvalue weighted by Gasteiger charge is -2.40. The number of benzene rings is 1. The minimum absolute atomic E-state index is 0.0800. The third-order valence-corrected chi connectivity index (χ3v) is 6.61. The van der Waals surface area contributed by atoms with E-state index in [0.29, 0.717) is 0 Å². The van der Waals surface area contributed by atoms with Gasteiger partial charge < -0.3 is 9.80 Å². The average molecular weight is 371 g/mol. The number of anilines is 1. The van der Waals surface area contributed by atoms with E-state index in [1.54, 1.807) is 18.3 Å². The Kier molecular flexibility index (Phi) is 5.31. The molecule has 1 aromatic heterocycles. The number of hydrogen-bond acceptors (Lipinski definition) is 6. The van der Waals surface area contributed by atoms with Gasteiger partial charge in [0.05, 0.1) is 0 Å². The van der Waals surface area contributed by atoms with Crippen LogP contribution in [-0.4, -0.2) is 53.1 Å². The first-order valence-corrected chi connectivity index (χ1v) is 10.5. The third-order valence-electron chi connectivity index (χ3n) is 5.57. The zero-order valence-electron chi connectivity index (χ0n) is 15.4. The second kappa shape index (κ2) is 7.84. The quantitative estimate of drug-likeness (QED) is 0.765. The van der Waals surface area contributed by atoms with Gasteiger partial charge in [-0.05, 0) is 51.8 Å². The monoisotopic (exact) mass is 370 g/mol. The van der Waals surface area contributed by atoms with Crippen LogP contribution in [0.4, 0.5) is 5.13 Å². The summed E-state index contributed by atoms with van der Waals surface area (Å²) >= 11 is 1.63. The molecule has 2 fully saturated rings. The Balaban J connectivity index is 1.41. The normalized spacial score (nSPS) is 19.7. The number of ketones is 1. The van der Waals surface area contributed by atoms with Gasteiger partial charge in [0.2, 0.25) is 5.13 Å². The molecule has 2 aliphatic heterocycles. The number of likely N-dealkylation sites (tertiary alicyclic amines) is 1. The van der Waals surface area contributed by atoms with Gasteiger partial charge in [-0.2, -0.15) is 0 Å². The molecule has 2 aliphatic rings. The van der Waals surface area contributed by atoms with Crippen LogP contribution in [0, 0.1) is 0 Å². The van der Waals surface area contributed by atoms with Gasteiger partial charge in [0.15, 0.2) is 5.78 Å².